The molecule has 0 radical (unpaired) electrons. The van der Waals surface area contributed by atoms with E-state index in [1.165, 1.54) is 24.9 Å². The third kappa shape index (κ3) is 1.94. The van der Waals surface area contributed by atoms with Gasteiger partial charge in [0.05, 0.1) is 6.61 Å². The molecule has 1 heterocycles. The van der Waals surface area contributed by atoms with Crippen molar-refractivity contribution in [1.29, 1.82) is 0 Å². The molecular formula is C14H19NO. The molecule has 1 saturated carbocycles. The predicted molar refractivity (Wildman–Crippen MR) is 64.6 cm³/mol. The first kappa shape index (κ1) is 10.2. The minimum Gasteiger partial charge on any atom is -0.493 e. The fourth-order valence-corrected chi connectivity index (χ4v) is 2.62. The number of benzene rings is 1. The predicted octanol–water partition coefficient (Wildman–Crippen LogP) is 2.85. The molecule has 2 aliphatic rings. The lowest BCUT2D eigenvalue weighted by atomic mass is 9.99. The standard InChI is InChI=1S/C14H19NO/c1-15(10-11-6-7-11)13-8-9-16-14-5-3-2-4-12(13)14/h2-5,11,13H,6-10H2,1H3. The molecule has 0 aromatic heterocycles. The second kappa shape index (κ2) is 4.10. The van der Waals surface area contributed by atoms with E-state index in [0.29, 0.717) is 6.04 Å². The van der Waals surface area contributed by atoms with Crippen LogP contribution in [-0.4, -0.2) is 25.1 Å². The van der Waals surface area contributed by atoms with Gasteiger partial charge in [-0.05, 0) is 31.9 Å². The summed E-state index contributed by atoms with van der Waals surface area (Å²) in [6.07, 6.45) is 3.98. The van der Waals surface area contributed by atoms with Crippen LogP contribution in [0.4, 0.5) is 0 Å². The SMILES string of the molecule is CN(CC1CC1)C1CCOc2ccccc21. The lowest BCUT2D eigenvalue weighted by molar-refractivity contribution is 0.161. The Morgan fingerprint density at radius 2 is 2.06 bits per heavy atom. The van der Waals surface area contributed by atoms with Crippen molar-refractivity contribution < 1.29 is 4.74 Å². The van der Waals surface area contributed by atoms with Crippen molar-refractivity contribution in [3.63, 3.8) is 0 Å². The first-order chi connectivity index (χ1) is 7.84. The van der Waals surface area contributed by atoms with Crippen LogP contribution in [0.1, 0.15) is 30.9 Å². The Morgan fingerprint density at radius 3 is 2.88 bits per heavy atom. The highest BCUT2D eigenvalue weighted by atomic mass is 16.5. The highest BCUT2D eigenvalue weighted by Crippen LogP contribution is 2.37. The molecule has 86 valence electrons. The van der Waals surface area contributed by atoms with E-state index in [0.717, 1.165) is 24.7 Å². The Balaban J connectivity index is 1.80. The van der Waals surface area contributed by atoms with Gasteiger partial charge in [0.2, 0.25) is 0 Å². The summed E-state index contributed by atoms with van der Waals surface area (Å²) >= 11 is 0. The highest BCUT2D eigenvalue weighted by molar-refractivity contribution is 5.37. The van der Waals surface area contributed by atoms with Gasteiger partial charge in [-0.1, -0.05) is 18.2 Å². The zero-order chi connectivity index (χ0) is 11.0. The van der Waals surface area contributed by atoms with E-state index in [1.54, 1.807) is 0 Å². The van der Waals surface area contributed by atoms with Gasteiger partial charge in [0.25, 0.3) is 0 Å². The normalized spacial score (nSPS) is 24.0. The number of hydrogen-bond acceptors (Lipinski definition) is 2. The molecule has 1 aromatic rings. The van der Waals surface area contributed by atoms with Crippen LogP contribution in [-0.2, 0) is 0 Å². The maximum absolute atomic E-state index is 5.70. The van der Waals surface area contributed by atoms with Gasteiger partial charge in [0, 0.05) is 24.6 Å². The van der Waals surface area contributed by atoms with Gasteiger partial charge in [-0.25, -0.2) is 0 Å². The third-order valence-electron chi connectivity index (χ3n) is 3.70. The third-order valence-corrected chi connectivity index (χ3v) is 3.70. The Bertz CT molecular complexity index is 373. The van der Waals surface area contributed by atoms with Crippen molar-refractivity contribution in [2.75, 3.05) is 20.2 Å². The average Bonchev–Trinajstić information content (AvgIpc) is 3.12. The van der Waals surface area contributed by atoms with Crippen molar-refractivity contribution >= 4 is 0 Å². The lowest BCUT2D eigenvalue weighted by Crippen LogP contribution is -2.30. The topological polar surface area (TPSA) is 12.5 Å². The van der Waals surface area contributed by atoms with Gasteiger partial charge in [0.1, 0.15) is 5.75 Å². The molecule has 0 bridgehead atoms. The van der Waals surface area contributed by atoms with E-state index in [1.807, 2.05) is 0 Å². The molecule has 3 rings (SSSR count). The van der Waals surface area contributed by atoms with E-state index in [2.05, 4.69) is 36.2 Å². The molecule has 0 saturated heterocycles. The van der Waals surface area contributed by atoms with Gasteiger partial charge in [-0.15, -0.1) is 0 Å². The molecule has 2 nitrogen and oxygen atoms in total. The Labute approximate surface area is 97.2 Å². The summed E-state index contributed by atoms with van der Waals surface area (Å²) in [4.78, 5) is 2.51. The summed E-state index contributed by atoms with van der Waals surface area (Å²) in [5, 5.41) is 0. The first-order valence-corrected chi connectivity index (χ1v) is 6.26. The minimum atomic E-state index is 0.561. The van der Waals surface area contributed by atoms with Crippen molar-refractivity contribution in [2.45, 2.75) is 25.3 Å². The van der Waals surface area contributed by atoms with Crippen LogP contribution in [0, 0.1) is 5.92 Å². The van der Waals surface area contributed by atoms with Crippen LogP contribution in [0.25, 0.3) is 0 Å². The minimum absolute atomic E-state index is 0.561. The number of hydrogen-bond donors (Lipinski definition) is 0. The fourth-order valence-electron chi connectivity index (χ4n) is 2.62. The Morgan fingerprint density at radius 1 is 1.25 bits per heavy atom. The highest BCUT2D eigenvalue weighted by Gasteiger charge is 2.29. The summed E-state index contributed by atoms with van der Waals surface area (Å²) in [7, 11) is 2.26. The smallest absolute Gasteiger partial charge is 0.124 e. The van der Waals surface area contributed by atoms with Gasteiger partial charge >= 0.3 is 0 Å². The van der Waals surface area contributed by atoms with Gasteiger partial charge in [0.15, 0.2) is 0 Å². The number of ether oxygens (including phenoxy) is 1. The van der Waals surface area contributed by atoms with Gasteiger partial charge in [-0.2, -0.15) is 0 Å². The molecular weight excluding hydrogens is 198 g/mol. The summed E-state index contributed by atoms with van der Waals surface area (Å²) in [6, 6.07) is 9.04. The van der Waals surface area contributed by atoms with E-state index in [9.17, 15) is 0 Å². The van der Waals surface area contributed by atoms with E-state index in [-0.39, 0.29) is 0 Å². The molecule has 16 heavy (non-hydrogen) atoms. The van der Waals surface area contributed by atoms with E-state index in [4.69, 9.17) is 4.74 Å². The van der Waals surface area contributed by atoms with Crippen molar-refractivity contribution in [1.82, 2.24) is 4.90 Å². The molecule has 1 aliphatic carbocycles. The van der Waals surface area contributed by atoms with Crippen molar-refractivity contribution in [3.05, 3.63) is 29.8 Å². The van der Waals surface area contributed by atoms with E-state index < -0.39 is 0 Å². The van der Waals surface area contributed by atoms with Crippen LogP contribution in [0.5, 0.6) is 5.75 Å². The Hall–Kier alpha value is -1.02. The summed E-state index contributed by atoms with van der Waals surface area (Å²) in [5.41, 5.74) is 1.37. The van der Waals surface area contributed by atoms with Crippen LogP contribution in [0.15, 0.2) is 24.3 Å². The summed E-state index contributed by atoms with van der Waals surface area (Å²) in [6.45, 7) is 2.11. The summed E-state index contributed by atoms with van der Waals surface area (Å²) in [5.74, 6) is 2.04. The number of rotatable bonds is 3. The van der Waals surface area contributed by atoms with Gasteiger partial charge in [-0.3, -0.25) is 4.90 Å². The van der Waals surface area contributed by atoms with Crippen molar-refractivity contribution in [3.8, 4) is 5.75 Å². The second-order valence-corrected chi connectivity index (χ2v) is 5.07. The zero-order valence-electron chi connectivity index (χ0n) is 9.86. The number of nitrogens with zero attached hydrogens (tertiary/aromatic N) is 1. The maximum atomic E-state index is 5.70. The number of para-hydroxylation sites is 1. The molecule has 0 amide bonds. The second-order valence-electron chi connectivity index (χ2n) is 5.07. The fraction of sp³-hybridized carbons (Fsp3) is 0.571. The average molecular weight is 217 g/mol. The molecule has 1 atom stereocenters. The maximum Gasteiger partial charge on any atom is 0.124 e. The zero-order valence-corrected chi connectivity index (χ0v) is 9.86. The van der Waals surface area contributed by atoms with Crippen LogP contribution in [0.3, 0.4) is 0 Å². The quantitative estimate of drug-likeness (QED) is 0.772. The van der Waals surface area contributed by atoms with Crippen LogP contribution < -0.4 is 4.74 Å². The molecule has 0 spiro atoms. The largest absolute Gasteiger partial charge is 0.493 e. The lowest BCUT2D eigenvalue weighted by Gasteiger charge is -2.33. The molecule has 1 aromatic carbocycles. The van der Waals surface area contributed by atoms with Crippen molar-refractivity contribution in [2.24, 2.45) is 5.92 Å². The van der Waals surface area contributed by atoms with Crippen LogP contribution >= 0.6 is 0 Å². The molecule has 1 unspecified atom stereocenters. The Kier molecular flexibility index (Phi) is 2.60. The molecule has 0 N–H and O–H groups in total. The molecule has 1 aliphatic heterocycles. The molecule has 2 heteroatoms. The number of fused-ring (bicyclic) bond motifs is 1. The molecule has 1 fully saturated rings. The summed E-state index contributed by atoms with van der Waals surface area (Å²) < 4.78 is 5.70. The first-order valence-electron chi connectivity index (χ1n) is 6.26. The van der Waals surface area contributed by atoms with Gasteiger partial charge < -0.3 is 4.74 Å². The van der Waals surface area contributed by atoms with Crippen LogP contribution in [0.2, 0.25) is 0 Å². The van der Waals surface area contributed by atoms with E-state index >= 15 is 0 Å². The monoisotopic (exact) mass is 217 g/mol.